The van der Waals surface area contributed by atoms with Gasteiger partial charge in [0.1, 0.15) is 0 Å². The second-order valence-electron chi connectivity index (χ2n) is 6.17. The Morgan fingerprint density at radius 1 is 1.39 bits per heavy atom. The summed E-state index contributed by atoms with van der Waals surface area (Å²) < 4.78 is 5.43. The van der Waals surface area contributed by atoms with Crippen molar-refractivity contribution < 1.29 is 14.6 Å². The lowest BCUT2D eigenvalue weighted by molar-refractivity contribution is 0.0321. The van der Waals surface area contributed by atoms with E-state index in [4.69, 9.17) is 4.74 Å². The summed E-state index contributed by atoms with van der Waals surface area (Å²) in [5, 5.41) is 13.6. The summed E-state index contributed by atoms with van der Waals surface area (Å²) in [4.78, 5) is 16.8. The summed E-state index contributed by atoms with van der Waals surface area (Å²) in [6.45, 7) is 3.03. The van der Waals surface area contributed by atoms with E-state index in [0.29, 0.717) is 23.6 Å². The minimum absolute atomic E-state index is 0.172. The highest BCUT2D eigenvalue weighted by molar-refractivity contribution is 6.05. The average Bonchev–Trinajstić information content (AvgIpc) is 3.36. The van der Waals surface area contributed by atoms with Crippen LogP contribution in [0.4, 0.5) is 0 Å². The number of aliphatic hydroxyl groups is 1. The lowest BCUT2D eigenvalue weighted by Gasteiger charge is -2.13. The minimum atomic E-state index is -0.692. The van der Waals surface area contributed by atoms with Crippen LogP contribution in [0.2, 0.25) is 0 Å². The first-order valence-electron chi connectivity index (χ1n) is 8.04. The molecule has 23 heavy (non-hydrogen) atoms. The third-order valence-electron chi connectivity index (χ3n) is 3.96. The van der Waals surface area contributed by atoms with E-state index in [1.165, 1.54) is 12.8 Å². The van der Waals surface area contributed by atoms with E-state index in [1.54, 1.807) is 6.07 Å². The number of rotatable bonds is 7. The van der Waals surface area contributed by atoms with Crippen molar-refractivity contribution in [2.75, 3.05) is 19.8 Å². The fourth-order valence-corrected chi connectivity index (χ4v) is 2.45. The van der Waals surface area contributed by atoms with Crippen LogP contribution in [-0.4, -0.2) is 41.9 Å². The van der Waals surface area contributed by atoms with Crippen molar-refractivity contribution in [1.29, 1.82) is 0 Å². The van der Waals surface area contributed by atoms with Gasteiger partial charge in [-0.3, -0.25) is 9.78 Å². The van der Waals surface area contributed by atoms with Gasteiger partial charge in [-0.1, -0.05) is 18.2 Å². The topological polar surface area (TPSA) is 71.5 Å². The largest absolute Gasteiger partial charge is 0.389 e. The Hall–Kier alpha value is -1.98. The van der Waals surface area contributed by atoms with Gasteiger partial charge in [-0.05, 0) is 37.8 Å². The van der Waals surface area contributed by atoms with E-state index < -0.39 is 6.10 Å². The van der Waals surface area contributed by atoms with Crippen LogP contribution >= 0.6 is 0 Å². The maximum Gasteiger partial charge on any atom is 0.253 e. The van der Waals surface area contributed by atoms with E-state index in [9.17, 15) is 9.90 Å². The number of hydrogen-bond acceptors (Lipinski definition) is 4. The Morgan fingerprint density at radius 2 is 2.22 bits per heavy atom. The molecule has 1 unspecified atom stereocenters. The number of carbonyl (C=O) groups is 1. The molecule has 1 amide bonds. The highest BCUT2D eigenvalue weighted by Gasteiger charge is 2.21. The van der Waals surface area contributed by atoms with Gasteiger partial charge in [0.25, 0.3) is 5.91 Å². The maximum absolute atomic E-state index is 12.4. The number of fused-ring (bicyclic) bond motifs is 1. The van der Waals surface area contributed by atoms with Crippen LogP contribution in [0, 0.1) is 12.8 Å². The number of amides is 1. The first kappa shape index (κ1) is 15.9. The molecule has 0 saturated heterocycles. The van der Waals surface area contributed by atoms with E-state index in [2.05, 4.69) is 10.3 Å². The maximum atomic E-state index is 12.4. The zero-order chi connectivity index (χ0) is 16.2. The fraction of sp³-hybridized carbons (Fsp3) is 0.444. The number of benzene rings is 1. The standard InChI is InChI=1S/C18H22N2O3/c1-12-5-8-14-3-2-4-16(17(14)20-12)18(22)19-9-15(21)11-23-10-13-6-7-13/h2-5,8,13,15,21H,6-7,9-11H2,1H3,(H,19,22). The van der Waals surface area contributed by atoms with Crippen LogP contribution in [0.15, 0.2) is 30.3 Å². The SMILES string of the molecule is Cc1ccc2cccc(C(=O)NCC(O)COCC3CC3)c2n1. The molecular weight excluding hydrogens is 292 g/mol. The zero-order valence-corrected chi connectivity index (χ0v) is 13.3. The monoisotopic (exact) mass is 314 g/mol. The van der Waals surface area contributed by atoms with Crippen molar-refractivity contribution in [2.45, 2.75) is 25.9 Å². The average molecular weight is 314 g/mol. The molecule has 1 heterocycles. The van der Waals surface area contributed by atoms with Crippen LogP contribution in [0.1, 0.15) is 28.9 Å². The van der Waals surface area contributed by atoms with Gasteiger partial charge >= 0.3 is 0 Å². The summed E-state index contributed by atoms with van der Waals surface area (Å²) in [7, 11) is 0. The molecule has 5 heteroatoms. The molecule has 3 rings (SSSR count). The summed E-state index contributed by atoms with van der Waals surface area (Å²) in [5.74, 6) is 0.441. The molecule has 122 valence electrons. The van der Waals surface area contributed by atoms with Crippen LogP contribution in [0.3, 0.4) is 0 Å². The molecule has 5 nitrogen and oxygen atoms in total. The predicted molar refractivity (Wildman–Crippen MR) is 88.4 cm³/mol. The third-order valence-corrected chi connectivity index (χ3v) is 3.96. The smallest absolute Gasteiger partial charge is 0.253 e. The Morgan fingerprint density at radius 3 is 3.00 bits per heavy atom. The van der Waals surface area contributed by atoms with E-state index >= 15 is 0 Å². The van der Waals surface area contributed by atoms with Crippen molar-refractivity contribution >= 4 is 16.8 Å². The number of para-hydroxylation sites is 1. The fourth-order valence-electron chi connectivity index (χ4n) is 2.45. The summed E-state index contributed by atoms with van der Waals surface area (Å²) in [6, 6.07) is 9.39. The van der Waals surface area contributed by atoms with Gasteiger partial charge in [-0.25, -0.2) is 0 Å². The number of nitrogens with zero attached hydrogens (tertiary/aromatic N) is 1. The highest BCUT2D eigenvalue weighted by Crippen LogP contribution is 2.28. The lowest BCUT2D eigenvalue weighted by Crippen LogP contribution is -2.34. The second-order valence-corrected chi connectivity index (χ2v) is 6.17. The molecule has 1 aromatic carbocycles. The number of ether oxygens (including phenoxy) is 1. The van der Waals surface area contributed by atoms with E-state index in [1.807, 2.05) is 31.2 Å². The third kappa shape index (κ3) is 4.27. The molecule has 2 aromatic rings. The summed E-state index contributed by atoms with van der Waals surface area (Å²) in [6.07, 6.45) is 1.75. The highest BCUT2D eigenvalue weighted by atomic mass is 16.5. The molecule has 1 saturated carbocycles. The van der Waals surface area contributed by atoms with Crippen molar-refractivity contribution in [2.24, 2.45) is 5.92 Å². The molecule has 0 bridgehead atoms. The van der Waals surface area contributed by atoms with Crippen LogP contribution in [0.5, 0.6) is 0 Å². The van der Waals surface area contributed by atoms with Gasteiger partial charge < -0.3 is 15.2 Å². The number of nitrogens with one attached hydrogen (secondary N) is 1. The van der Waals surface area contributed by atoms with Crippen molar-refractivity contribution in [1.82, 2.24) is 10.3 Å². The van der Waals surface area contributed by atoms with Gasteiger partial charge in [0.15, 0.2) is 0 Å². The minimum Gasteiger partial charge on any atom is -0.389 e. The van der Waals surface area contributed by atoms with Crippen molar-refractivity contribution in [3.05, 3.63) is 41.6 Å². The predicted octanol–water partition coefficient (Wildman–Crippen LogP) is 2.06. The Labute approximate surface area is 135 Å². The Kier molecular flexibility index (Phi) is 4.88. The van der Waals surface area contributed by atoms with Gasteiger partial charge in [0.05, 0.1) is 23.8 Å². The van der Waals surface area contributed by atoms with Gasteiger partial charge in [-0.2, -0.15) is 0 Å². The normalized spacial score (nSPS) is 15.6. The summed E-state index contributed by atoms with van der Waals surface area (Å²) >= 11 is 0. The Bertz CT molecular complexity index is 698. The van der Waals surface area contributed by atoms with Crippen LogP contribution in [-0.2, 0) is 4.74 Å². The number of aryl methyl sites for hydroxylation is 1. The molecule has 1 fully saturated rings. The van der Waals surface area contributed by atoms with E-state index in [0.717, 1.165) is 11.1 Å². The Balaban J connectivity index is 1.58. The summed E-state index contributed by atoms with van der Waals surface area (Å²) in [5.41, 5.74) is 2.08. The molecule has 0 aliphatic heterocycles. The van der Waals surface area contributed by atoms with Crippen LogP contribution in [0.25, 0.3) is 10.9 Å². The zero-order valence-electron chi connectivity index (χ0n) is 13.3. The second kappa shape index (κ2) is 7.06. The van der Waals surface area contributed by atoms with Crippen molar-refractivity contribution in [3.63, 3.8) is 0 Å². The number of carbonyl (C=O) groups excluding carboxylic acids is 1. The first-order valence-corrected chi connectivity index (χ1v) is 8.04. The number of hydrogen-bond donors (Lipinski definition) is 2. The first-order chi connectivity index (χ1) is 11.1. The van der Waals surface area contributed by atoms with Gasteiger partial charge in [-0.15, -0.1) is 0 Å². The molecule has 2 N–H and O–H groups in total. The number of aliphatic hydroxyl groups excluding tert-OH is 1. The molecule has 1 aliphatic rings. The quantitative estimate of drug-likeness (QED) is 0.820. The molecule has 1 aliphatic carbocycles. The van der Waals surface area contributed by atoms with Gasteiger partial charge in [0.2, 0.25) is 0 Å². The number of aromatic nitrogens is 1. The molecule has 0 spiro atoms. The van der Waals surface area contributed by atoms with Crippen LogP contribution < -0.4 is 5.32 Å². The molecule has 1 atom stereocenters. The van der Waals surface area contributed by atoms with Crippen molar-refractivity contribution in [3.8, 4) is 0 Å². The lowest BCUT2D eigenvalue weighted by atomic mass is 10.1. The molecular formula is C18H22N2O3. The van der Waals surface area contributed by atoms with Gasteiger partial charge in [0, 0.05) is 24.2 Å². The molecule has 0 radical (unpaired) electrons. The number of pyridine rings is 1. The van der Waals surface area contributed by atoms with E-state index in [-0.39, 0.29) is 19.1 Å². The molecule has 1 aromatic heterocycles.